The van der Waals surface area contributed by atoms with Crippen molar-refractivity contribution in [1.82, 2.24) is 16.0 Å². The molecule has 3 amide bonds. The number of amides is 3. The van der Waals surface area contributed by atoms with E-state index in [1.54, 1.807) is 6.92 Å². The Hall–Kier alpha value is -2.04. The van der Waals surface area contributed by atoms with E-state index in [1.807, 2.05) is 44.2 Å². The number of carbonyl (C=O) groups excluding carboxylic acids is 4. The van der Waals surface area contributed by atoms with Crippen molar-refractivity contribution in [2.45, 2.75) is 76.6 Å². The van der Waals surface area contributed by atoms with E-state index in [4.69, 9.17) is 0 Å². The number of nitrogens with one attached hydrogen (secondary N) is 3. The quantitative estimate of drug-likeness (QED) is 0.149. The van der Waals surface area contributed by atoms with E-state index in [0.717, 1.165) is 30.6 Å². The largest absolute Gasteiger partial charge is 0.605 e. The molecule has 1 fully saturated rings. The highest BCUT2D eigenvalue weighted by Gasteiger charge is 2.32. The Morgan fingerprint density at radius 2 is 1.83 bits per heavy atom. The summed E-state index contributed by atoms with van der Waals surface area (Å²) >= 11 is 0. The lowest BCUT2D eigenvalue weighted by Crippen LogP contribution is -2.56. The fraction of sp³-hybridized carbons (Fsp3) is 0.600. The van der Waals surface area contributed by atoms with Gasteiger partial charge in [0.05, 0.1) is 10.8 Å². The zero-order valence-electron chi connectivity index (χ0n) is 20.7. The minimum absolute atomic E-state index is 0.169. The van der Waals surface area contributed by atoms with Crippen molar-refractivity contribution in [1.29, 1.82) is 0 Å². The van der Waals surface area contributed by atoms with Gasteiger partial charge in [-0.3, -0.25) is 19.2 Å². The maximum absolute atomic E-state index is 13.1. The summed E-state index contributed by atoms with van der Waals surface area (Å²) in [6, 6.07) is 7.27. The van der Waals surface area contributed by atoms with Crippen LogP contribution in [0.5, 0.6) is 0 Å². The third-order valence-corrected chi connectivity index (χ3v) is 9.50. The van der Waals surface area contributed by atoms with Crippen molar-refractivity contribution in [2.24, 2.45) is 5.92 Å². The molecular formula is C25H37N3O5S2. The topological polar surface area (TPSA) is 127 Å². The van der Waals surface area contributed by atoms with Gasteiger partial charge in [-0.15, -0.1) is 0 Å². The monoisotopic (exact) mass is 523 g/mol. The lowest BCUT2D eigenvalue weighted by molar-refractivity contribution is -0.140. The molecule has 1 aromatic rings. The van der Waals surface area contributed by atoms with Gasteiger partial charge in [-0.1, -0.05) is 44.2 Å². The summed E-state index contributed by atoms with van der Waals surface area (Å²) in [6.07, 6.45) is 3.70. The highest BCUT2D eigenvalue weighted by atomic mass is 33.1. The summed E-state index contributed by atoms with van der Waals surface area (Å²) < 4.78 is 11.8. The van der Waals surface area contributed by atoms with Gasteiger partial charge in [-0.05, 0) is 37.7 Å². The van der Waals surface area contributed by atoms with Crippen molar-refractivity contribution in [3.8, 4) is 0 Å². The molecule has 1 saturated heterocycles. The fourth-order valence-electron chi connectivity index (χ4n) is 3.86. The summed E-state index contributed by atoms with van der Waals surface area (Å²) in [6.45, 7) is 5.65. The average molecular weight is 524 g/mol. The molecule has 4 atom stereocenters. The molecule has 10 heteroatoms. The summed E-state index contributed by atoms with van der Waals surface area (Å²) in [7, 11) is 0.677. The van der Waals surface area contributed by atoms with E-state index in [1.165, 1.54) is 10.8 Å². The van der Waals surface area contributed by atoms with Crippen LogP contribution >= 0.6 is 10.8 Å². The average Bonchev–Trinajstić information content (AvgIpc) is 3.24. The minimum atomic E-state index is -1.04. The van der Waals surface area contributed by atoms with Gasteiger partial charge in [0.1, 0.15) is 17.3 Å². The maximum atomic E-state index is 13.1. The van der Waals surface area contributed by atoms with E-state index in [2.05, 4.69) is 16.0 Å². The molecule has 1 aromatic carbocycles. The van der Waals surface area contributed by atoms with Gasteiger partial charge in [-0.25, -0.2) is 0 Å². The molecule has 2 unspecified atom stereocenters. The number of hydrogen-bond donors (Lipinski definition) is 3. The molecule has 0 spiro atoms. The van der Waals surface area contributed by atoms with Crippen LogP contribution in [0.3, 0.4) is 0 Å². The number of unbranched alkanes of at least 4 members (excludes halogenated alkanes) is 1. The van der Waals surface area contributed by atoms with Gasteiger partial charge < -0.3 is 20.5 Å². The molecule has 1 aliphatic heterocycles. The summed E-state index contributed by atoms with van der Waals surface area (Å²) in [5.41, 5.74) is 0.808. The van der Waals surface area contributed by atoms with E-state index < -0.39 is 39.9 Å². The van der Waals surface area contributed by atoms with Gasteiger partial charge in [0.2, 0.25) is 17.6 Å². The first-order chi connectivity index (χ1) is 16.7. The smallest absolute Gasteiger partial charge is 0.289 e. The molecule has 0 aromatic heterocycles. The van der Waals surface area contributed by atoms with Gasteiger partial charge in [0.25, 0.3) is 5.91 Å². The zero-order valence-corrected chi connectivity index (χ0v) is 22.3. The number of ketones is 1. The van der Waals surface area contributed by atoms with E-state index in [0.29, 0.717) is 13.0 Å². The molecule has 2 rings (SSSR count). The first-order valence-electron chi connectivity index (χ1n) is 12.2. The minimum Gasteiger partial charge on any atom is -0.605 e. The van der Waals surface area contributed by atoms with Gasteiger partial charge in [0, 0.05) is 41.8 Å². The normalized spacial score (nSPS) is 19.1. The second-order valence-corrected chi connectivity index (χ2v) is 12.5. The highest BCUT2D eigenvalue weighted by Crippen LogP contribution is 2.33. The molecule has 3 N–H and O–H groups in total. The molecule has 0 aliphatic carbocycles. The maximum Gasteiger partial charge on any atom is 0.289 e. The number of likely N-dealkylation sites (N-methyl/N-ethyl adjacent to an activating group) is 1. The number of hydrogen-bond acceptors (Lipinski definition) is 6. The lowest BCUT2D eigenvalue weighted by Gasteiger charge is -2.25. The molecule has 8 nitrogen and oxygen atoms in total. The molecule has 0 radical (unpaired) electrons. The van der Waals surface area contributed by atoms with Crippen molar-refractivity contribution < 1.29 is 23.7 Å². The highest BCUT2D eigenvalue weighted by molar-refractivity contribution is 8.72. The van der Waals surface area contributed by atoms with Crippen LogP contribution in [0.4, 0.5) is 0 Å². The predicted molar refractivity (Wildman–Crippen MR) is 140 cm³/mol. The number of carbonyl (C=O) groups is 4. The summed E-state index contributed by atoms with van der Waals surface area (Å²) in [5.74, 6) is -1.49. The van der Waals surface area contributed by atoms with Crippen molar-refractivity contribution >= 4 is 44.5 Å². The number of benzene rings is 1. The van der Waals surface area contributed by atoms with Crippen LogP contribution < -0.4 is 16.0 Å². The van der Waals surface area contributed by atoms with E-state index in [-0.39, 0.29) is 29.9 Å². The summed E-state index contributed by atoms with van der Waals surface area (Å²) in [4.78, 5) is 50.6. The van der Waals surface area contributed by atoms with Crippen molar-refractivity contribution in [3.05, 3.63) is 35.9 Å². The summed E-state index contributed by atoms with van der Waals surface area (Å²) in [5, 5.41) is 8.19. The second-order valence-electron chi connectivity index (χ2n) is 9.00. The van der Waals surface area contributed by atoms with Crippen LogP contribution in [0.25, 0.3) is 0 Å². The first-order valence-corrected chi connectivity index (χ1v) is 14.9. The molecule has 35 heavy (non-hydrogen) atoms. The van der Waals surface area contributed by atoms with Crippen LogP contribution in [0.2, 0.25) is 0 Å². The molecule has 1 aliphatic rings. The Labute approximate surface area is 214 Å². The second kappa shape index (κ2) is 15.2. The van der Waals surface area contributed by atoms with Gasteiger partial charge >= 0.3 is 0 Å². The number of Topliss-reactive ketones (excluding diaryl/α,β-unsaturated/α-hetero) is 1. The Morgan fingerprint density at radius 1 is 1.11 bits per heavy atom. The van der Waals surface area contributed by atoms with Crippen LogP contribution in [0, 0.1) is 5.92 Å². The van der Waals surface area contributed by atoms with Crippen LogP contribution in [-0.4, -0.2) is 57.7 Å². The third-order valence-electron chi connectivity index (χ3n) is 5.83. The molecular weight excluding hydrogens is 486 g/mol. The van der Waals surface area contributed by atoms with Gasteiger partial charge in [0.15, 0.2) is 0 Å². The van der Waals surface area contributed by atoms with E-state index in [9.17, 15) is 23.7 Å². The Balaban J connectivity index is 1.95. The lowest BCUT2D eigenvalue weighted by atomic mass is 9.98. The Bertz CT molecular complexity index is 853. The van der Waals surface area contributed by atoms with Crippen LogP contribution in [-0.2, 0) is 35.8 Å². The zero-order chi connectivity index (χ0) is 25.8. The predicted octanol–water partition coefficient (Wildman–Crippen LogP) is 2.29. The van der Waals surface area contributed by atoms with Gasteiger partial charge in [-0.2, -0.15) is 0 Å². The van der Waals surface area contributed by atoms with Crippen LogP contribution in [0.15, 0.2) is 30.3 Å². The standard InChI is InChI=1S/C25H37N3O5S2/c1-4-26-25(32)23(30)20(16-18-10-6-5-7-11-18)27-24(31)22(17(2)3)28-21(29)13-9-8-12-19-14-15-34-35(19)33/h5-7,10-11,17,19-20,22H,4,8-9,12-16H2,1-3H3,(H,26,32)(H,27,31)(H,28,29)/t19?,20-,22-,35?/m0/s1. The molecule has 194 valence electrons. The molecule has 0 saturated carbocycles. The van der Waals surface area contributed by atoms with Crippen LogP contribution in [0.1, 0.15) is 58.4 Å². The first kappa shape index (κ1) is 29.2. The van der Waals surface area contributed by atoms with E-state index >= 15 is 0 Å². The van der Waals surface area contributed by atoms with Crippen molar-refractivity contribution in [2.75, 3.05) is 12.3 Å². The Kier molecular flexibility index (Phi) is 12.6. The Morgan fingerprint density at radius 3 is 2.43 bits per heavy atom. The molecule has 0 bridgehead atoms. The fourth-order valence-corrected chi connectivity index (χ4v) is 7.35. The third kappa shape index (κ3) is 9.85. The number of rotatable bonds is 14. The SMILES string of the molecule is CCNC(=O)C(=O)[C@H](Cc1ccccc1)NC(=O)[C@@H](NC(=O)CCCCC1CCS[S+]1[O-])C(C)C. The molecule has 1 heterocycles. The van der Waals surface area contributed by atoms with Crippen molar-refractivity contribution in [3.63, 3.8) is 0 Å².